The zero-order chi connectivity index (χ0) is 16.7. The first-order valence-electron chi connectivity index (χ1n) is 6.47. The Morgan fingerprint density at radius 2 is 2.00 bits per heavy atom. The van der Waals surface area contributed by atoms with Crippen LogP contribution in [0.2, 0.25) is 0 Å². The quantitative estimate of drug-likeness (QED) is 0.679. The van der Waals surface area contributed by atoms with Gasteiger partial charge in [-0.15, -0.1) is 0 Å². The van der Waals surface area contributed by atoms with Gasteiger partial charge >= 0.3 is 6.61 Å². The SMILES string of the molecule is N#CC(=Cc1ccc(OC(F)F)cc1)C(=O)Nc1ccccn1. The number of aromatic nitrogens is 1. The molecule has 0 bridgehead atoms. The van der Waals surface area contributed by atoms with E-state index < -0.39 is 12.5 Å². The van der Waals surface area contributed by atoms with Crippen LogP contribution in [0.4, 0.5) is 14.6 Å². The number of carbonyl (C=O) groups excluding carboxylic acids is 1. The lowest BCUT2D eigenvalue weighted by atomic mass is 10.1. The highest BCUT2D eigenvalue weighted by Gasteiger charge is 2.10. The molecule has 0 saturated heterocycles. The van der Waals surface area contributed by atoms with Gasteiger partial charge in [0, 0.05) is 6.20 Å². The first-order valence-corrected chi connectivity index (χ1v) is 6.47. The molecule has 2 aromatic rings. The van der Waals surface area contributed by atoms with Gasteiger partial charge in [0.15, 0.2) is 0 Å². The van der Waals surface area contributed by atoms with E-state index >= 15 is 0 Å². The molecule has 1 aromatic heterocycles. The standard InChI is InChI=1S/C16H11F2N3O2/c17-16(18)23-13-6-4-11(5-7-13)9-12(10-19)15(22)21-14-3-1-2-8-20-14/h1-9,16H,(H,20,21,22). The molecule has 0 saturated carbocycles. The average molecular weight is 315 g/mol. The minimum Gasteiger partial charge on any atom is -0.435 e. The van der Waals surface area contributed by atoms with E-state index in [2.05, 4.69) is 15.0 Å². The lowest BCUT2D eigenvalue weighted by Gasteiger charge is -2.05. The fourth-order valence-corrected chi connectivity index (χ4v) is 1.68. The Balaban J connectivity index is 2.12. The number of nitrogens with zero attached hydrogens (tertiary/aromatic N) is 2. The van der Waals surface area contributed by atoms with Crippen molar-refractivity contribution in [2.45, 2.75) is 6.61 Å². The molecule has 0 atom stereocenters. The fraction of sp³-hybridized carbons (Fsp3) is 0.0625. The molecule has 0 fully saturated rings. The summed E-state index contributed by atoms with van der Waals surface area (Å²) >= 11 is 0. The van der Waals surface area contributed by atoms with Crippen LogP contribution >= 0.6 is 0 Å². The van der Waals surface area contributed by atoms with E-state index in [0.29, 0.717) is 11.4 Å². The van der Waals surface area contributed by atoms with Gasteiger partial charge in [-0.25, -0.2) is 4.98 Å². The van der Waals surface area contributed by atoms with Gasteiger partial charge in [-0.2, -0.15) is 14.0 Å². The van der Waals surface area contributed by atoms with E-state index in [-0.39, 0.29) is 11.3 Å². The largest absolute Gasteiger partial charge is 0.435 e. The Labute approximate surface area is 130 Å². The third-order valence-corrected chi connectivity index (χ3v) is 2.69. The van der Waals surface area contributed by atoms with Crippen LogP contribution < -0.4 is 10.1 Å². The van der Waals surface area contributed by atoms with Gasteiger partial charge in [0.1, 0.15) is 23.2 Å². The Morgan fingerprint density at radius 1 is 1.26 bits per heavy atom. The van der Waals surface area contributed by atoms with Gasteiger partial charge in [-0.1, -0.05) is 18.2 Å². The third-order valence-electron chi connectivity index (χ3n) is 2.69. The highest BCUT2D eigenvalue weighted by Crippen LogP contribution is 2.17. The van der Waals surface area contributed by atoms with Crippen LogP contribution in [0.15, 0.2) is 54.2 Å². The number of rotatable bonds is 5. The number of benzene rings is 1. The second kappa shape index (κ2) is 7.66. The second-order valence-corrected chi connectivity index (χ2v) is 4.29. The van der Waals surface area contributed by atoms with E-state index in [9.17, 15) is 13.6 Å². The maximum atomic E-state index is 12.1. The van der Waals surface area contributed by atoms with E-state index in [1.807, 2.05) is 0 Å². The molecule has 1 aromatic carbocycles. The highest BCUT2D eigenvalue weighted by molar-refractivity contribution is 6.09. The zero-order valence-electron chi connectivity index (χ0n) is 11.7. The van der Waals surface area contributed by atoms with Crippen molar-refractivity contribution in [3.8, 4) is 11.8 Å². The molecule has 1 amide bonds. The summed E-state index contributed by atoms with van der Waals surface area (Å²) in [7, 11) is 0. The average Bonchev–Trinajstić information content (AvgIpc) is 2.54. The first kappa shape index (κ1) is 16.1. The van der Waals surface area contributed by atoms with Gasteiger partial charge in [0.05, 0.1) is 0 Å². The molecule has 2 rings (SSSR count). The fourth-order valence-electron chi connectivity index (χ4n) is 1.68. The van der Waals surface area contributed by atoms with Gasteiger partial charge in [0.25, 0.3) is 5.91 Å². The van der Waals surface area contributed by atoms with Gasteiger partial charge in [-0.3, -0.25) is 4.79 Å². The normalized spacial score (nSPS) is 11.0. The van der Waals surface area contributed by atoms with Crippen molar-refractivity contribution in [2.75, 3.05) is 5.32 Å². The molecule has 23 heavy (non-hydrogen) atoms. The molecule has 0 radical (unpaired) electrons. The van der Waals surface area contributed by atoms with Crippen LogP contribution in [-0.2, 0) is 4.79 Å². The number of halogens is 2. The van der Waals surface area contributed by atoms with E-state index in [1.54, 1.807) is 24.3 Å². The lowest BCUT2D eigenvalue weighted by molar-refractivity contribution is -0.112. The highest BCUT2D eigenvalue weighted by atomic mass is 19.3. The molecule has 7 heteroatoms. The van der Waals surface area contributed by atoms with Crippen LogP contribution in [-0.4, -0.2) is 17.5 Å². The molecular weight excluding hydrogens is 304 g/mol. The molecule has 116 valence electrons. The first-order chi connectivity index (χ1) is 11.1. The molecule has 5 nitrogen and oxygen atoms in total. The predicted octanol–water partition coefficient (Wildman–Crippen LogP) is 3.23. The Morgan fingerprint density at radius 3 is 2.57 bits per heavy atom. The Bertz CT molecular complexity index is 738. The molecule has 0 aliphatic rings. The topological polar surface area (TPSA) is 75.0 Å². The number of carbonyl (C=O) groups is 1. The lowest BCUT2D eigenvalue weighted by Crippen LogP contribution is -2.14. The van der Waals surface area contributed by atoms with Crippen LogP contribution in [0.1, 0.15) is 5.56 Å². The molecule has 0 aliphatic carbocycles. The molecular formula is C16H11F2N3O2. The zero-order valence-corrected chi connectivity index (χ0v) is 11.7. The number of nitrogens with one attached hydrogen (secondary N) is 1. The van der Waals surface area contributed by atoms with Crippen LogP contribution in [0.3, 0.4) is 0 Å². The van der Waals surface area contributed by atoms with Crippen molar-refractivity contribution in [1.82, 2.24) is 4.98 Å². The summed E-state index contributed by atoms with van der Waals surface area (Å²) in [5.41, 5.74) is 0.359. The predicted molar refractivity (Wildman–Crippen MR) is 79.5 cm³/mol. The number of hydrogen-bond acceptors (Lipinski definition) is 4. The van der Waals surface area contributed by atoms with Crippen molar-refractivity contribution in [2.24, 2.45) is 0 Å². The van der Waals surface area contributed by atoms with Crippen molar-refractivity contribution in [1.29, 1.82) is 5.26 Å². The number of hydrogen-bond donors (Lipinski definition) is 1. The summed E-state index contributed by atoms with van der Waals surface area (Å²) in [6.07, 6.45) is 2.84. The minimum atomic E-state index is -2.91. The van der Waals surface area contributed by atoms with Crippen LogP contribution in [0, 0.1) is 11.3 Å². The summed E-state index contributed by atoms with van der Waals surface area (Å²) in [5, 5.41) is 11.6. The number of amides is 1. The Kier molecular flexibility index (Phi) is 5.36. The van der Waals surface area contributed by atoms with Crippen molar-refractivity contribution in [3.05, 3.63) is 59.8 Å². The maximum Gasteiger partial charge on any atom is 0.387 e. The van der Waals surface area contributed by atoms with Crippen molar-refractivity contribution >= 4 is 17.8 Å². The molecule has 0 unspecified atom stereocenters. The van der Waals surface area contributed by atoms with E-state index in [4.69, 9.17) is 5.26 Å². The summed E-state index contributed by atoms with van der Waals surface area (Å²) in [5.74, 6) is -0.299. The summed E-state index contributed by atoms with van der Waals surface area (Å²) in [4.78, 5) is 15.9. The Hall–Kier alpha value is -3.27. The number of alkyl halides is 2. The summed E-state index contributed by atoms with van der Waals surface area (Å²) in [6, 6.07) is 12.3. The number of ether oxygens (including phenoxy) is 1. The van der Waals surface area contributed by atoms with Gasteiger partial charge in [-0.05, 0) is 35.9 Å². The second-order valence-electron chi connectivity index (χ2n) is 4.29. The third kappa shape index (κ3) is 4.89. The molecule has 1 N–H and O–H groups in total. The molecule has 0 aliphatic heterocycles. The number of pyridine rings is 1. The molecule has 0 spiro atoms. The number of nitriles is 1. The molecule has 1 heterocycles. The van der Waals surface area contributed by atoms with Crippen molar-refractivity contribution in [3.63, 3.8) is 0 Å². The van der Waals surface area contributed by atoms with E-state index in [0.717, 1.165) is 0 Å². The maximum absolute atomic E-state index is 12.1. The van der Waals surface area contributed by atoms with Crippen molar-refractivity contribution < 1.29 is 18.3 Å². The summed E-state index contributed by atoms with van der Waals surface area (Å²) in [6.45, 7) is -2.91. The monoisotopic (exact) mass is 315 g/mol. The van der Waals surface area contributed by atoms with Gasteiger partial charge in [0.2, 0.25) is 0 Å². The van der Waals surface area contributed by atoms with E-state index in [1.165, 1.54) is 36.5 Å². The van der Waals surface area contributed by atoms with Crippen LogP contribution in [0.5, 0.6) is 5.75 Å². The summed E-state index contributed by atoms with van der Waals surface area (Å²) < 4.78 is 28.3. The van der Waals surface area contributed by atoms with Crippen LogP contribution in [0.25, 0.3) is 6.08 Å². The smallest absolute Gasteiger partial charge is 0.387 e. The minimum absolute atomic E-state index is 0.00593. The van der Waals surface area contributed by atoms with Gasteiger partial charge < -0.3 is 10.1 Å². The number of anilines is 1.